The number of benzene rings is 1. The minimum absolute atomic E-state index is 0.105. The van der Waals surface area contributed by atoms with Crippen molar-refractivity contribution in [1.82, 2.24) is 0 Å². The minimum atomic E-state index is -0.959. The Balaban J connectivity index is 1.54. The van der Waals surface area contributed by atoms with Crippen LogP contribution in [0.4, 0.5) is 0 Å². The zero-order valence-electron chi connectivity index (χ0n) is 18.1. The summed E-state index contributed by atoms with van der Waals surface area (Å²) in [4.78, 5) is 11.5. The van der Waals surface area contributed by atoms with E-state index in [1.807, 2.05) is 43.5 Å². The number of aromatic carboxylic acids is 1. The van der Waals surface area contributed by atoms with Crippen molar-refractivity contribution >= 4 is 17.3 Å². The summed E-state index contributed by atoms with van der Waals surface area (Å²) in [6.07, 6.45) is 4.51. The summed E-state index contributed by atoms with van der Waals surface area (Å²) in [7, 11) is 0. The number of carboxylic acids is 1. The molecule has 1 saturated carbocycles. The van der Waals surface area contributed by atoms with Crippen LogP contribution in [0.25, 0.3) is 0 Å². The van der Waals surface area contributed by atoms with Gasteiger partial charge in [-0.3, -0.25) is 0 Å². The van der Waals surface area contributed by atoms with Crippen LogP contribution >= 0.6 is 11.3 Å². The maximum atomic E-state index is 11.5. The van der Waals surface area contributed by atoms with Crippen molar-refractivity contribution in [2.24, 2.45) is 11.8 Å². The number of rotatable bonds is 5. The van der Waals surface area contributed by atoms with Crippen LogP contribution in [-0.2, 0) is 11.8 Å². The van der Waals surface area contributed by atoms with Gasteiger partial charge < -0.3 is 20.1 Å². The molecule has 4 rings (SSSR count). The van der Waals surface area contributed by atoms with Gasteiger partial charge in [0.2, 0.25) is 0 Å². The quantitative estimate of drug-likeness (QED) is 0.600. The standard InChI is InChI=1S/C25H30O5S/c1-14-17(24(28)29)6-4-15-5-7-19-18(20(26)12-21(19)30-23(14)15)8-9-22(27)25(2,3)16-10-11-31-13-16/h4,6,8-11,13,18-22,26-27H,5,7,12H2,1-3H3,(H,28,29)/b9-8+/t18-,19-,20-,21+,22?/m1/s1. The molecule has 2 heterocycles. The van der Waals surface area contributed by atoms with Crippen molar-refractivity contribution in [2.45, 2.75) is 63.8 Å². The second-order valence-electron chi connectivity index (χ2n) is 9.33. The van der Waals surface area contributed by atoms with E-state index < -0.39 is 23.6 Å². The molecule has 0 amide bonds. The largest absolute Gasteiger partial charge is 0.489 e. The third-order valence-corrected chi connectivity index (χ3v) is 7.83. The van der Waals surface area contributed by atoms with E-state index in [4.69, 9.17) is 4.74 Å². The van der Waals surface area contributed by atoms with Crippen LogP contribution in [-0.4, -0.2) is 39.6 Å². The number of hydrogen-bond acceptors (Lipinski definition) is 5. The van der Waals surface area contributed by atoms with Crippen molar-refractivity contribution in [2.75, 3.05) is 0 Å². The molecule has 3 N–H and O–H groups in total. The molecule has 5 atom stereocenters. The lowest BCUT2D eigenvalue weighted by Gasteiger charge is -2.29. The average Bonchev–Trinajstić information content (AvgIpc) is 3.31. The summed E-state index contributed by atoms with van der Waals surface area (Å²) in [6, 6.07) is 5.53. The van der Waals surface area contributed by atoms with Gasteiger partial charge in [0.15, 0.2) is 0 Å². The molecule has 1 aromatic heterocycles. The zero-order chi connectivity index (χ0) is 22.3. The van der Waals surface area contributed by atoms with E-state index in [1.165, 1.54) is 0 Å². The predicted octanol–water partition coefficient (Wildman–Crippen LogP) is 4.34. The lowest BCUT2D eigenvalue weighted by atomic mass is 9.79. The van der Waals surface area contributed by atoms with Gasteiger partial charge in [-0.25, -0.2) is 4.79 Å². The van der Waals surface area contributed by atoms with E-state index in [2.05, 4.69) is 5.38 Å². The van der Waals surface area contributed by atoms with Crippen LogP contribution in [0.15, 0.2) is 41.1 Å². The van der Waals surface area contributed by atoms with Crippen LogP contribution in [0, 0.1) is 18.8 Å². The third kappa shape index (κ3) is 4.04. The van der Waals surface area contributed by atoms with E-state index in [1.54, 1.807) is 24.3 Å². The summed E-state index contributed by atoms with van der Waals surface area (Å²) in [5.41, 5.74) is 2.60. The summed E-state index contributed by atoms with van der Waals surface area (Å²) < 4.78 is 6.32. The molecule has 31 heavy (non-hydrogen) atoms. The Hall–Kier alpha value is -2.15. The first-order chi connectivity index (χ1) is 14.7. The Labute approximate surface area is 187 Å². The van der Waals surface area contributed by atoms with Crippen LogP contribution in [0.1, 0.15) is 53.7 Å². The SMILES string of the molecule is Cc1c(C(=O)O)ccc2c1O[C@H]1C[C@@H](O)[C@H](/C=C/C(O)C(C)(C)c3ccsc3)[C@H]1CC2. The van der Waals surface area contributed by atoms with Gasteiger partial charge in [0.25, 0.3) is 0 Å². The summed E-state index contributed by atoms with van der Waals surface area (Å²) in [5.74, 6) is -0.295. The third-order valence-electron chi connectivity index (χ3n) is 7.14. The topological polar surface area (TPSA) is 87.0 Å². The van der Waals surface area contributed by atoms with Crippen molar-refractivity contribution in [3.8, 4) is 5.75 Å². The van der Waals surface area contributed by atoms with E-state index in [0.29, 0.717) is 17.7 Å². The number of aliphatic hydroxyl groups is 2. The number of carboxylic acid groups (broad SMARTS) is 1. The average molecular weight is 443 g/mol. The first kappa shape index (κ1) is 22.1. The van der Waals surface area contributed by atoms with E-state index in [9.17, 15) is 20.1 Å². The number of ether oxygens (including phenoxy) is 1. The maximum Gasteiger partial charge on any atom is 0.336 e. The lowest BCUT2D eigenvalue weighted by Crippen LogP contribution is -2.32. The van der Waals surface area contributed by atoms with Crippen LogP contribution in [0.3, 0.4) is 0 Å². The summed E-state index contributed by atoms with van der Waals surface area (Å²) in [6.45, 7) is 5.83. The number of fused-ring (bicyclic) bond motifs is 2. The summed E-state index contributed by atoms with van der Waals surface area (Å²) >= 11 is 1.61. The van der Waals surface area contributed by atoms with Gasteiger partial charge in [-0.05, 0) is 53.8 Å². The molecule has 1 aliphatic carbocycles. The lowest BCUT2D eigenvalue weighted by molar-refractivity contribution is 0.0694. The van der Waals surface area contributed by atoms with Crippen molar-refractivity contribution in [1.29, 1.82) is 0 Å². The number of thiophene rings is 1. The van der Waals surface area contributed by atoms with Gasteiger partial charge in [0.05, 0.1) is 17.8 Å². The molecule has 1 unspecified atom stereocenters. The molecule has 0 bridgehead atoms. The normalized spacial score (nSPS) is 26.7. The minimum Gasteiger partial charge on any atom is -0.489 e. The van der Waals surface area contributed by atoms with Gasteiger partial charge in [-0.2, -0.15) is 11.3 Å². The molecular formula is C25H30O5S. The molecule has 5 nitrogen and oxygen atoms in total. The number of carbonyl (C=O) groups is 1. The molecule has 2 aromatic rings. The number of aliphatic hydroxyl groups excluding tert-OH is 2. The first-order valence-electron chi connectivity index (χ1n) is 10.8. The van der Waals surface area contributed by atoms with Crippen LogP contribution < -0.4 is 4.74 Å². The van der Waals surface area contributed by atoms with Gasteiger partial charge in [-0.1, -0.05) is 32.1 Å². The molecule has 0 radical (unpaired) electrons. The Morgan fingerprint density at radius 1 is 1.32 bits per heavy atom. The monoisotopic (exact) mass is 442 g/mol. The van der Waals surface area contributed by atoms with Gasteiger partial charge in [0.1, 0.15) is 11.9 Å². The predicted molar refractivity (Wildman–Crippen MR) is 121 cm³/mol. The molecule has 6 heteroatoms. The Morgan fingerprint density at radius 3 is 2.77 bits per heavy atom. The van der Waals surface area contributed by atoms with Crippen LogP contribution in [0.2, 0.25) is 0 Å². The second kappa shape index (κ2) is 8.41. The number of hydrogen-bond donors (Lipinski definition) is 3. The molecule has 1 fully saturated rings. The molecule has 1 aliphatic heterocycles. The van der Waals surface area contributed by atoms with Crippen LogP contribution in [0.5, 0.6) is 5.75 Å². The molecule has 0 spiro atoms. The Kier molecular flexibility index (Phi) is 5.99. The molecule has 2 aliphatic rings. The van der Waals surface area contributed by atoms with E-state index in [-0.39, 0.29) is 23.5 Å². The van der Waals surface area contributed by atoms with Gasteiger partial charge in [-0.15, -0.1) is 0 Å². The molecule has 166 valence electrons. The molecular weight excluding hydrogens is 412 g/mol. The maximum absolute atomic E-state index is 11.5. The van der Waals surface area contributed by atoms with Gasteiger partial charge >= 0.3 is 5.97 Å². The molecule has 1 aromatic carbocycles. The highest BCUT2D eigenvalue weighted by molar-refractivity contribution is 7.08. The zero-order valence-corrected chi connectivity index (χ0v) is 18.9. The highest BCUT2D eigenvalue weighted by Gasteiger charge is 2.44. The Morgan fingerprint density at radius 2 is 2.10 bits per heavy atom. The van der Waals surface area contributed by atoms with Crippen molar-refractivity contribution in [3.63, 3.8) is 0 Å². The fourth-order valence-electron chi connectivity index (χ4n) is 4.98. The van der Waals surface area contributed by atoms with Crippen molar-refractivity contribution in [3.05, 3.63) is 63.4 Å². The van der Waals surface area contributed by atoms with Gasteiger partial charge in [0, 0.05) is 29.2 Å². The van der Waals surface area contributed by atoms with E-state index >= 15 is 0 Å². The number of aryl methyl sites for hydroxylation is 1. The Bertz CT molecular complexity index is 978. The van der Waals surface area contributed by atoms with Crippen molar-refractivity contribution < 1.29 is 24.9 Å². The summed E-state index contributed by atoms with van der Waals surface area (Å²) in [5, 5.41) is 35.1. The molecule has 0 saturated heterocycles. The van der Waals surface area contributed by atoms with E-state index in [0.717, 1.165) is 24.0 Å². The fraction of sp³-hybridized carbons (Fsp3) is 0.480. The fourth-order valence-corrected chi connectivity index (χ4v) is 5.81. The highest BCUT2D eigenvalue weighted by Crippen LogP contribution is 2.44. The first-order valence-corrected chi connectivity index (χ1v) is 11.7. The second-order valence-corrected chi connectivity index (χ2v) is 10.1. The highest BCUT2D eigenvalue weighted by atomic mass is 32.1. The smallest absolute Gasteiger partial charge is 0.336 e.